The summed E-state index contributed by atoms with van der Waals surface area (Å²) < 4.78 is 44.8. The number of nitriles is 1. The van der Waals surface area contributed by atoms with Gasteiger partial charge in [0.05, 0.1) is 17.1 Å². The third-order valence-corrected chi connectivity index (χ3v) is 6.51. The van der Waals surface area contributed by atoms with Crippen molar-refractivity contribution in [1.29, 1.82) is 5.26 Å². The maximum Gasteiger partial charge on any atom is 0.491 e. The summed E-state index contributed by atoms with van der Waals surface area (Å²) in [5.41, 5.74) is -0.778. The first-order valence-corrected chi connectivity index (χ1v) is 12.2. The molecule has 0 bridgehead atoms. The Morgan fingerprint density at radius 3 is 2.46 bits per heavy atom. The number of hydrogen-bond donors (Lipinski definition) is 3. The van der Waals surface area contributed by atoms with E-state index >= 15 is 0 Å². The lowest BCUT2D eigenvalue weighted by Crippen LogP contribution is -2.50. The first-order chi connectivity index (χ1) is 17.3. The van der Waals surface area contributed by atoms with Crippen molar-refractivity contribution >= 4 is 55.5 Å². The van der Waals surface area contributed by atoms with E-state index in [0.717, 1.165) is 0 Å². The molecule has 1 aromatic heterocycles. The van der Waals surface area contributed by atoms with Crippen molar-refractivity contribution in [1.82, 2.24) is 15.6 Å². The van der Waals surface area contributed by atoms with Gasteiger partial charge in [-0.3, -0.25) is 9.59 Å². The third kappa shape index (κ3) is 5.56. The summed E-state index contributed by atoms with van der Waals surface area (Å²) in [6.07, 6.45) is -4.12. The van der Waals surface area contributed by atoms with E-state index in [1.165, 1.54) is 12.1 Å². The van der Waals surface area contributed by atoms with Gasteiger partial charge in [0, 0.05) is 20.8 Å². The van der Waals surface area contributed by atoms with Gasteiger partial charge in [0.1, 0.15) is 11.6 Å². The normalized spacial score (nSPS) is 15.3. The van der Waals surface area contributed by atoms with Gasteiger partial charge in [-0.1, -0.05) is 41.9 Å². The molecule has 1 aliphatic rings. The highest BCUT2D eigenvalue weighted by atomic mass is 79.9. The number of ether oxygens (including phenoxy) is 1. The van der Waals surface area contributed by atoms with E-state index in [0.29, 0.717) is 33.6 Å². The number of H-pyrrole nitrogens is 1. The molecular formula is C25H22BrF3N4O4. The highest BCUT2D eigenvalue weighted by Gasteiger charge is 2.46. The number of rotatable bonds is 7. The molecule has 194 valence electrons. The summed E-state index contributed by atoms with van der Waals surface area (Å²) in [6, 6.07) is 8.89. The van der Waals surface area contributed by atoms with Gasteiger partial charge < -0.3 is 20.4 Å². The Balaban J connectivity index is 1.75. The SMILES string of the molecule is CC(C)C[C@H](NC(=O)c1ccc2c([nH]c3cc(Br)ccc32)c1OC(=O)C(F)(F)F)C(=O)NC1(C#N)CC1. The maximum absolute atomic E-state index is 13.3. The van der Waals surface area contributed by atoms with Crippen LogP contribution in [0.25, 0.3) is 21.8 Å². The van der Waals surface area contributed by atoms with Crippen molar-refractivity contribution in [3.05, 3.63) is 40.4 Å². The number of amides is 2. The number of hydrogen-bond acceptors (Lipinski definition) is 5. The quantitative estimate of drug-likeness (QED) is 0.272. The van der Waals surface area contributed by atoms with Crippen LogP contribution in [0.4, 0.5) is 13.2 Å². The zero-order valence-corrected chi connectivity index (χ0v) is 21.3. The highest BCUT2D eigenvalue weighted by Crippen LogP contribution is 2.37. The van der Waals surface area contributed by atoms with E-state index in [9.17, 15) is 32.8 Å². The van der Waals surface area contributed by atoms with Gasteiger partial charge in [-0.25, -0.2) is 4.79 Å². The summed E-state index contributed by atoms with van der Waals surface area (Å²) in [4.78, 5) is 40.9. The fourth-order valence-electron chi connectivity index (χ4n) is 4.01. The molecule has 0 saturated heterocycles. The Labute approximate surface area is 217 Å². The summed E-state index contributed by atoms with van der Waals surface area (Å²) >= 11 is 3.33. The minimum Gasteiger partial charge on any atom is -0.417 e. The molecule has 2 aromatic carbocycles. The zero-order chi connectivity index (χ0) is 27.1. The second kappa shape index (κ2) is 9.70. The van der Waals surface area contributed by atoms with Gasteiger partial charge in [-0.2, -0.15) is 18.4 Å². The lowest BCUT2D eigenvalue weighted by Gasteiger charge is -2.22. The molecule has 3 N–H and O–H groups in total. The molecule has 1 fully saturated rings. The number of carbonyl (C=O) groups is 3. The lowest BCUT2D eigenvalue weighted by molar-refractivity contribution is -0.189. The topological polar surface area (TPSA) is 124 Å². The van der Waals surface area contributed by atoms with Gasteiger partial charge in [-0.05, 0) is 43.4 Å². The maximum atomic E-state index is 13.3. The predicted octanol–water partition coefficient (Wildman–Crippen LogP) is 4.87. The van der Waals surface area contributed by atoms with Crippen LogP contribution in [0.1, 0.15) is 43.5 Å². The molecule has 0 spiro atoms. The number of carbonyl (C=O) groups excluding carboxylic acids is 3. The second-order valence-corrected chi connectivity index (χ2v) is 10.3. The standard InChI is InChI=1S/C25H22BrF3N4O4/c1-12(2)9-18(22(35)33-24(11-30)7-8-24)32-21(34)16-6-5-15-14-4-3-13(26)10-17(14)31-19(15)20(16)37-23(36)25(27,28)29/h3-6,10,12,18,31H,7-9H2,1-2H3,(H,32,34)(H,33,35)/t18-/m0/s1. The molecule has 4 rings (SSSR count). The number of fused-ring (bicyclic) bond motifs is 3. The van der Waals surface area contributed by atoms with Crippen molar-refractivity contribution < 1.29 is 32.3 Å². The largest absolute Gasteiger partial charge is 0.491 e. The van der Waals surface area contributed by atoms with E-state index in [-0.39, 0.29) is 23.4 Å². The molecular weight excluding hydrogens is 557 g/mol. The van der Waals surface area contributed by atoms with E-state index < -0.39 is 41.3 Å². The minimum atomic E-state index is -5.30. The number of nitrogens with zero attached hydrogens (tertiary/aromatic N) is 1. The van der Waals surface area contributed by atoms with Crippen molar-refractivity contribution in [2.75, 3.05) is 0 Å². The van der Waals surface area contributed by atoms with E-state index in [2.05, 4.69) is 31.5 Å². The number of aromatic amines is 1. The minimum absolute atomic E-state index is 0.0182. The van der Waals surface area contributed by atoms with Crippen molar-refractivity contribution in [3.8, 4) is 11.8 Å². The van der Waals surface area contributed by atoms with Crippen molar-refractivity contribution in [2.24, 2.45) is 5.92 Å². The Kier molecular flexibility index (Phi) is 6.94. The molecule has 37 heavy (non-hydrogen) atoms. The second-order valence-electron chi connectivity index (χ2n) is 9.41. The van der Waals surface area contributed by atoms with Crippen LogP contribution in [0, 0.1) is 17.2 Å². The monoisotopic (exact) mass is 578 g/mol. The summed E-state index contributed by atoms with van der Waals surface area (Å²) in [6.45, 7) is 3.66. The number of benzene rings is 2. The van der Waals surface area contributed by atoms with Gasteiger partial charge in [-0.15, -0.1) is 0 Å². The molecule has 1 atom stereocenters. The fraction of sp³-hybridized carbons (Fsp3) is 0.360. The third-order valence-electron chi connectivity index (χ3n) is 6.02. The molecule has 0 aliphatic heterocycles. The Bertz CT molecular complexity index is 1450. The smallest absolute Gasteiger partial charge is 0.417 e. The first kappa shape index (κ1) is 26.5. The lowest BCUT2D eigenvalue weighted by atomic mass is 10.0. The fourth-order valence-corrected chi connectivity index (χ4v) is 4.37. The van der Waals surface area contributed by atoms with Crippen LogP contribution in [-0.2, 0) is 9.59 Å². The number of alkyl halides is 3. The molecule has 1 saturated carbocycles. The number of esters is 1. The number of halogens is 4. The van der Waals surface area contributed by atoms with Crippen LogP contribution < -0.4 is 15.4 Å². The van der Waals surface area contributed by atoms with Crippen LogP contribution in [-0.4, -0.2) is 40.5 Å². The van der Waals surface area contributed by atoms with Gasteiger partial charge in [0.15, 0.2) is 5.75 Å². The summed E-state index contributed by atoms with van der Waals surface area (Å²) in [5.74, 6) is -4.62. The van der Waals surface area contributed by atoms with Crippen LogP contribution in [0.2, 0.25) is 0 Å². The van der Waals surface area contributed by atoms with E-state index in [1.54, 1.807) is 18.2 Å². The van der Waals surface area contributed by atoms with Gasteiger partial charge >= 0.3 is 12.1 Å². The Morgan fingerprint density at radius 1 is 1.19 bits per heavy atom. The molecule has 0 unspecified atom stereocenters. The van der Waals surface area contributed by atoms with Gasteiger partial charge in [0.25, 0.3) is 5.91 Å². The predicted molar refractivity (Wildman–Crippen MR) is 132 cm³/mol. The Morgan fingerprint density at radius 2 is 1.86 bits per heavy atom. The van der Waals surface area contributed by atoms with Crippen LogP contribution >= 0.6 is 15.9 Å². The van der Waals surface area contributed by atoms with Crippen LogP contribution in [0.3, 0.4) is 0 Å². The molecule has 3 aromatic rings. The number of nitrogens with one attached hydrogen (secondary N) is 3. The van der Waals surface area contributed by atoms with Crippen LogP contribution in [0.15, 0.2) is 34.8 Å². The summed E-state index contributed by atoms with van der Waals surface area (Å²) in [7, 11) is 0. The molecule has 12 heteroatoms. The molecule has 1 heterocycles. The van der Waals surface area contributed by atoms with Crippen molar-refractivity contribution in [3.63, 3.8) is 0 Å². The first-order valence-electron chi connectivity index (χ1n) is 11.4. The molecule has 0 radical (unpaired) electrons. The van der Waals surface area contributed by atoms with Crippen LogP contribution in [0.5, 0.6) is 5.75 Å². The zero-order valence-electron chi connectivity index (χ0n) is 19.8. The Hall–Kier alpha value is -3.59. The highest BCUT2D eigenvalue weighted by molar-refractivity contribution is 9.10. The van der Waals surface area contributed by atoms with E-state index in [1.807, 2.05) is 19.9 Å². The van der Waals surface area contributed by atoms with E-state index in [4.69, 9.17) is 4.74 Å². The molecule has 8 nitrogen and oxygen atoms in total. The summed E-state index contributed by atoms with van der Waals surface area (Å²) in [5, 5.41) is 15.5. The molecule has 2 amide bonds. The van der Waals surface area contributed by atoms with Gasteiger partial charge in [0.2, 0.25) is 5.91 Å². The number of aromatic nitrogens is 1. The van der Waals surface area contributed by atoms with Crippen molar-refractivity contribution in [2.45, 2.75) is 50.9 Å². The molecule has 1 aliphatic carbocycles. The average Bonchev–Trinajstić information content (AvgIpc) is 3.49. The average molecular weight is 579 g/mol.